The van der Waals surface area contributed by atoms with Crippen molar-refractivity contribution in [2.75, 3.05) is 0 Å². The van der Waals surface area contributed by atoms with Crippen molar-refractivity contribution >= 4 is 11.3 Å². The van der Waals surface area contributed by atoms with Crippen molar-refractivity contribution in [2.24, 2.45) is 5.92 Å². The number of hydrogen-bond acceptors (Lipinski definition) is 5. The number of aliphatic hydroxyl groups is 1. The average Bonchev–Trinajstić information content (AvgIpc) is 2.96. The lowest BCUT2D eigenvalue weighted by Gasteiger charge is -2.34. The van der Waals surface area contributed by atoms with Crippen LogP contribution < -0.4 is 0 Å². The number of nitrogens with zero attached hydrogens (tertiary/aromatic N) is 1. The van der Waals surface area contributed by atoms with E-state index < -0.39 is 6.10 Å². The van der Waals surface area contributed by atoms with Crippen molar-refractivity contribution in [3.63, 3.8) is 0 Å². The minimum Gasteiger partial charge on any atom is -0.507 e. The van der Waals surface area contributed by atoms with Crippen molar-refractivity contribution in [1.29, 1.82) is 0 Å². The average molecular weight is 357 g/mol. The van der Waals surface area contributed by atoms with Gasteiger partial charge < -0.3 is 15.3 Å². The Bertz CT molecular complexity index is 829. The Kier molecular flexibility index (Phi) is 4.71. The van der Waals surface area contributed by atoms with Crippen LogP contribution in [0.3, 0.4) is 0 Å². The number of phenolic OH excluding ortho intramolecular Hbond substituents is 2. The first-order chi connectivity index (χ1) is 11.8. The van der Waals surface area contributed by atoms with Crippen molar-refractivity contribution in [1.82, 2.24) is 4.98 Å². The highest BCUT2D eigenvalue weighted by molar-refractivity contribution is 7.15. The van der Waals surface area contributed by atoms with E-state index >= 15 is 0 Å². The SMILES string of the molecule is C=C(C)[C@@H]1C[C@H](O)C(C)=C[C@H]1c1c(O)cc(-c2cnc(C)s2)cc1O. The molecule has 5 heteroatoms. The van der Waals surface area contributed by atoms with Gasteiger partial charge in [-0.3, -0.25) is 0 Å². The van der Waals surface area contributed by atoms with E-state index in [1.807, 2.05) is 26.8 Å². The van der Waals surface area contributed by atoms with Crippen LogP contribution in [0.4, 0.5) is 0 Å². The molecule has 132 valence electrons. The Hall–Kier alpha value is -2.11. The maximum atomic E-state index is 10.6. The zero-order valence-corrected chi connectivity index (χ0v) is 15.5. The summed E-state index contributed by atoms with van der Waals surface area (Å²) in [5, 5.41) is 32.4. The van der Waals surface area contributed by atoms with Gasteiger partial charge in [-0.15, -0.1) is 11.3 Å². The van der Waals surface area contributed by atoms with Crippen LogP contribution in [0, 0.1) is 12.8 Å². The Morgan fingerprint density at radius 1 is 1.24 bits per heavy atom. The zero-order chi connectivity index (χ0) is 18.3. The fourth-order valence-corrected chi connectivity index (χ4v) is 4.24. The lowest BCUT2D eigenvalue weighted by molar-refractivity contribution is 0.168. The summed E-state index contributed by atoms with van der Waals surface area (Å²) in [5.74, 6) is -0.138. The van der Waals surface area contributed by atoms with Gasteiger partial charge in [-0.05, 0) is 50.8 Å². The van der Waals surface area contributed by atoms with Crippen molar-refractivity contribution in [2.45, 2.75) is 39.2 Å². The number of aromatic hydroxyl groups is 2. The van der Waals surface area contributed by atoms with Gasteiger partial charge in [0.2, 0.25) is 0 Å². The van der Waals surface area contributed by atoms with Gasteiger partial charge in [0.15, 0.2) is 0 Å². The molecule has 4 nitrogen and oxygen atoms in total. The molecule has 0 spiro atoms. The molecule has 0 radical (unpaired) electrons. The summed E-state index contributed by atoms with van der Waals surface area (Å²) in [4.78, 5) is 5.12. The van der Waals surface area contributed by atoms with Crippen molar-refractivity contribution in [3.8, 4) is 21.9 Å². The molecule has 25 heavy (non-hydrogen) atoms. The summed E-state index contributed by atoms with van der Waals surface area (Å²) < 4.78 is 0. The van der Waals surface area contributed by atoms with Crippen LogP contribution in [0.1, 0.15) is 36.8 Å². The molecule has 1 aliphatic rings. The van der Waals surface area contributed by atoms with E-state index in [-0.39, 0.29) is 23.3 Å². The van der Waals surface area contributed by atoms with Gasteiger partial charge in [0.1, 0.15) is 11.5 Å². The summed E-state index contributed by atoms with van der Waals surface area (Å²) in [6.07, 6.45) is 3.70. The molecule has 1 aliphatic carbocycles. The first-order valence-corrected chi connectivity index (χ1v) is 9.10. The van der Waals surface area contributed by atoms with Crippen LogP contribution in [0.15, 0.2) is 42.1 Å². The molecular weight excluding hydrogens is 334 g/mol. The number of aryl methyl sites for hydroxylation is 1. The van der Waals surface area contributed by atoms with Crippen LogP contribution in [-0.2, 0) is 0 Å². The predicted molar refractivity (Wildman–Crippen MR) is 101 cm³/mol. The minimum atomic E-state index is -0.512. The van der Waals surface area contributed by atoms with Crippen LogP contribution in [-0.4, -0.2) is 26.4 Å². The number of phenols is 2. The van der Waals surface area contributed by atoms with E-state index in [1.165, 1.54) is 11.3 Å². The Labute approximate surface area is 151 Å². The van der Waals surface area contributed by atoms with Gasteiger partial charge >= 0.3 is 0 Å². The standard InChI is InChI=1S/C20H23NO3S/c1-10(2)14-8-16(22)11(3)5-15(14)20-17(23)6-13(7-18(20)24)19-9-21-12(4)25-19/h5-7,9,14-16,22-24H,1,8H2,2-4H3/t14-,15+,16-/m0/s1. The number of aliphatic hydroxyl groups excluding tert-OH is 1. The number of benzene rings is 1. The predicted octanol–water partition coefficient (Wildman–Crippen LogP) is 4.52. The van der Waals surface area contributed by atoms with Gasteiger partial charge in [-0.25, -0.2) is 4.98 Å². The molecule has 3 atom stereocenters. The number of allylic oxidation sites excluding steroid dienone is 2. The molecule has 0 saturated carbocycles. The number of hydrogen-bond donors (Lipinski definition) is 3. The topological polar surface area (TPSA) is 73.6 Å². The molecule has 1 aromatic carbocycles. The van der Waals surface area contributed by atoms with Gasteiger partial charge in [0.05, 0.1) is 16.0 Å². The molecule has 0 fully saturated rings. The fourth-order valence-electron chi connectivity index (χ4n) is 3.48. The zero-order valence-electron chi connectivity index (χ0n) is 14.7. The molecule has 0 amide bonds. The Balaban J connectivity index is 2.08. The van der Waals surface area contributed by atoms with Crippen molar-refractivity contribution < 1.29 is 15.3 Å². The minimum absolute atomic E-state index is 0.0352. The molecule has 0 unspecified atom stereocenters. The Morgan fingerprint density at radius 2 is 1.88 bits per heavy atom. The molecular formula is C20H23NO3S. The molecule has 0 saturated heterocycles. The third-order valence-electron chi connectivity index (χ3n) is 4.89. The molecule has 2 aromatic rings. The second-order valence-corrected chi connectivity index (χ2v) is 8.05. The summed E-state index contributed by atoms with van der Waals surface area (Å²) in [5.41, 5.74) is 3.01. The van der Waals surface area contributed by atoms with E-state index in [0.717, 1.165) is 26.6 Å². The third-order valence-corrected chi connectivity index (χ3v) is 5.85. The molecule has 0 aliphatic heterocycles. The quantitative estimate of drug-likeness (QED) is 0.706. The van der Waals surface area contributed by atoms with Gasteiger partial charge in [0, 0.05) is 23.2 Å². The monoisotopic (exact) mass is 357 g/mol. The van der Waals surface area contributed by atoms with Crippen molar-refractivity contribution in [3.05, 3.63) is 52.7 Å². The molecule has 3 rings (SSSR count). The molecule has 0 bridgehead atoms. The lowest BCUT2D eigenvalue weighted by atomic mass is 9.72. The molecule has 3 N–H and O–H groups in total. The fraction of sp³-hybridized carbons (Fsp3) is 0.350. The van der Waals surface area contributed by atoms with E-state index in [2.05, 4.69) is 11.6 Å². The van der Waals surface area contributed by atoms with Crippen LogP contribution in [0.25, 0.3) is 10.4 Å². The van der Waals surface area contributed by atoms with E-state index in [4.69, 9.17) is 0 Å². The van der Waals surface area contributed by atoms with E-state index in [0.29, 0.717) is 12.0 Å². The smallest absolute Gasteiger partial charge is 0.123 e. The number of aromatic nitrogens is 1. The number of thiazole rings is 1. The summed E-state index contributed by atoms with van der Waals surface area (Å²) in [7, 11) is 0. The molecule has 1 heterocycles. The van der Waals surface area contributed by atoms with E-state index in [9.17, 15) is 15.3 Å². The largest absolute Gasteiger partial charge is 0.507 e. The molecule has 1 aromatic heterocycles. The van der Waals surface area contributed by atoms with Gasteiger partial charge in [-0.1, -0.05) is 18.2 Å². The Morgan fingerprint density at radius 3 is 2.40 bits per heavy atom. The summed E-state index contributed by atoms with van der Waals surface area (Å²) in [6, 6.07) is 3.34. The second-order valence-electron chi connectivity index (χ2n) is 6.81. The second kappa shape index (κ2) is 6.65. The van der Waals surface area contributed by atoms with Crippen LogP contribution >= 0.6 is 11.3 Å². The van der Waals surface area contributed by atoms with E-state index in [1.54, 1.807) is 18.3 Å². The van der Waals surface area contributed by atoms with Crippen LogP contribution in [0.2, 0.25) is 0 Å². The number of rotatable bonds is 3. The van der Waals surface area contributed by atoms with Gasteiger partial charge in [-0.2, -0.15) is 0 Å². The summed E-state index contributed by atoms with van der Waals surface area (Å²) >= 11 is 1.51. The highest BCUT2D eigenvalue weighted by atomic mass is 32.1. The highest BCUT2D eigenvalue weighted by Crippen LogP contribution is 2.47. The summed E-state index contributed by atoms with van der Waals surface area (Å²) in [6.45, 7) is 9.74. The van der Waals surface area contributed by atoms with Crippen LogP contribution in [0.5, 0.6) is 11.5 Å². The normalized spacial score (nSPS) is 23.4. The maximum Gasteiger partial charge on any atom is 0.123 e. The van der Waals surface area contributed by atoms with Gasteiger partial charge in [0.25, 0.3) is 0 Å². The lowest BCUT2D eigenvalue weighted by Crippen LogP contribution is -2.26. The first kappa shape index (κ1) is 17.7. The maximum absolute atomic E-state index is 10.6. The first-order valence-electron chi connectivity index (χ1n) is 8.28. The highest BCUT2D eigenvalue weighted by Gasteiger charge is 2.33. The third kappa shape index (κ3) is 3.34.